The maximum Gasteiger partial charge on any atom is 0.408 e. The molecule has 0 saturated carbocycles. The van der Waals surface area contributed by atoms with Crippen LogP contribution in [-0.2, 0) is 11.3 Å². The maximum atomic E-state index is 12.1. The number of nitrogens with zero attached hydrogens (tertiary/aromatic N) is 1. The lowest BCUT2D eigenvalue weighted by molar-refractivity contribution is 0.136. The molecule has 0 aliphatic rings. The fraction of sp³-hybridized carbons (Fsp3) is 0.130. The molecule has 146 valence electrons. The molecule has 6 nitrogen and oxygen atoms in total. The number of carbonyl (C=O) groups is 1. The molecule has 0 radical (unpaired) electrons. The third-order valence-corrected chi connectivity index (χ3v) is 4.68. The SMILES string of the molecule is C[C@H](NC(=O)OCc1ccccc1)c1nc2ccc(-c3cccc(N)c3)cc2[nH]1. The number of nitrogen functional groups attached to an aromatic ring is 1. The van der Waals surface area contributed by atoms with Crippen LogP contribution < -0.4 is 11.1 Å². The number of carbonyl (C=O) groups excluding carboxylic acids is 1. The third kappa shape index (κ3) is 4.38. The number of aromatic amines is 1. The lowest BCUT2D eigenvalue weighted by Crippen LogP contribution is -2.27. The molecule has 29 heavy (non-hydrogen) atoms. The number of nitrogens with two attached hydrogens (primary N) is 1. The number of benzene rings is 3. The van der Waals surface area contributed by atoms with Gasteiger partial charge in [-0.05, 0) is 47.9 Å². The summed E-state index contributed by atoms with van der Waals surface area (Å²) in [6, 6.07) is 23.0. The molecule has 6 heteroatoms. The molecule has 0 saturated heterocycles. The second-order valence-electron chi connectivity index (χ2n) is 6.91. The average molecular weight is 386 g/mol. The van der Waals surface area contributed by atoms with Crippen molar-refractivity contribution in [3.8, 4) is 11.1 Å². The van der Waals surface area contributed by atoms with Crippen molar-refractivity contribution in [1.82, 2.24) is 15.3 Å². The summed E-state index contributed by atoms with van der Waals surface area (Å²) < 4.78 is 5.28. The van der Waals surface area contributed by atoms with E-state index < -0.39 is 6.09 Å². The average Bonchev–Trinajstić information content (AvgIpc) is 3.17. The van der Waals surface area contributed by atoms with Crippen molar-refractivity contribution in [2.24, 2.45) is 0 Å². The van der Waals surface area contributed by atoms with Crippen molar-refractivity contribution < 1.29 is 9.53 Å². The van der Waals surface area contributed by atoms with Crippen LogP contribution in [-0.4, -0.2) is 16.1 Å². The number of H-pyrrole nitrogens is 1. The Kier molecular flexibility index (Phi) is 5.16. The van der Waals surface area contributed by atoms with E-state index in [-0.39, 0.29) is 12.6 Å². The molecule has 1 atom stereocenters. The van der Waals surface area contributed by atoms with Crippen molar-refractivity contribution in [2.45, 2.75) is 19.6 Å². The summed E-state index contributed by atoms with van der Waals surface area (Å²) in [5.74, 6) is 0.668. The van der Waals surface area contributed by atoms with Crippen LogP contribution in [0.5, 0.6) is 0 Å². The van der Waals surface area contributed by atoms with Gasteiger partial charge in [0.1, 0.15) is 12.4 Å². The zero-order valence-electron chi connectivity index (χ0n) is 16.1. The normalized spacial score (nSPS) is 11.9. The van der Waals surface area contributed by atoms with Gasteiger partial charge in [0.05, 0.1) is 17.1 Å². The van der Waals surface area contributed by atoms with Crippen LogP contribution in [0.2, 0.25) is 0 Å². The number of alkyl carbamates (subject to hydrolysis) is 1. The highest BCUT2D eigenvalue weighted by molar-refractivity contribution is 5.82. The van der Waals surface area contributed by atoms with Crippen molar-refractivity contribution in [1.29, 1.82) is 0 Å². The van der Waals surface area contributed by atoms with Crippen LogP contribution in [0, 0.1) is 0 Å². The first-order chi connectivity index (χ1) is 14.1. The summed E-state index contributed by atoms with van der Waals surface area (Å²) in [7, 11) is 0. The monoisotopic (exact) mass is 386 g/mol. The Bertz CT molecular complexity index is 1140. The first-order valence-corrected chi connectivity index (χ1v) is 9.41. The van der Waals surface area contributed by atoms with Crippen LogP contribution in [0.25, 0.3) is 22.2 Å². The zero-order chi connectivity index (χ0) is 20.2. The minimum Gasteiger partial charge on any atom is -0.445 e. The number of hydrogen-bond acceptors (Lipinski definition) is 4. The number of hydrogen-bond donors (Lipinski definition) is 3. The van der Waals surface area contributed by atoms with E-state index in [0.29, 0.717) is 5.82 Å². The molecule has 1 aromatic heterocycles. The molecule has 4 rings (SSSR count). The molecule has 4 N–H and O–H groups in total. The summed E-state index contributed by atoms with van der Waals surface area (Å²) in [4.78, 5) is 20.0. The van der Waals surface area contributed by atoms with E-state index in [9.17, 15) is 4.79 Å². The van der Waals surface area contributed by atoms with Crippen molar-refractivity contribution in [3.63, 3.8) is 0 Å². The van der Waals surface area contributed by atoms with Gasteiger partial charge in [-0.1, -0.05) is 48.5 Å². The molecule has 0 fully saturated rings. The predicted molar refractivity (Wildman–Crippen MR) is 114 cm³/mol. The van der Waals surface area contributed by atoms with E-state index in [2.05, 4.69) is 15.3 Å². The number of aromatic nitrogens is 2. The second-order valence-corrected chi connectivity index (χ2v) is 6.91. The quantitative estimate of drug-likeness (QED) is 0.430. The van der Waals surface area contributed by atoms with Gasteiger partial charge >= 0.3 is 6.09 Å². The van der Waals surface area contributed by atoms with Crippen LogP contribution in [0.15, 0.2) is 72.8 Å². The Morgan fingerprint density at radius 3 is 2.66 bits per heavy atom. The standard InChI is InChI=1S/C23H22N4O2/c1-15(25-23(28)29-14-16-6-3-2-4-7-16)22-26-20-11-10-18(13-21(20)27-22)17-8-5-9-19(24)12-17/h2-13,15H,14,24H2,1H3,(H,25,28)(H,26,27)/t15-/m0/s1. The minimum atomic E-state index is -0.484. The molecule has 0 unspecified atom stereocenters. The third-order valence-electron chi connectivity index (χ3n) is 4.68. The number of imidazole rings is 1. The van der Waals surface area contributed by atoms with Crippen molar-refractivity contribution >= 4 is 22.8 Å². The smallest absolute Gasteiger partial charge is 0.408 e. The number of fused-ring (bicyclic) bond motifs is 1. The molecule has 4 aromatic rings. The van der Waals surface area contributed by atoms with E-state index in [4.69, 9.17) is 10.5 Å². The molecular formula is C23H22N4O2. The van der Waals surface area contributed by atoms with E-state index in [1.165, 1.54) is 0 Å². The van der Waals surface area contributed by atoms with Crippen molar-refractivity contribution in [2.75, 3.05) is 5.73 Å². The van der Waals surface area contributed by atoms with E-state index in [1.54, 1.807) is 0 Å². The molecule has 0 bridgehead atoms. The molecule has 0 aliphatic heterocycles. The summed E-state index contributed by atoms with van der Waals surface area (Å²) in [6.07, 6.45) is -0.484. The number of amides is 1. The molecule has 0 spiro atoms. The van der Waals surface area contributed by atoms with Gasteiger partial charge in [0, 0.05) is 5.69 Å². The van der Waals surface area contributed by atoms with Crippen LogP contribution >= 0.6 is 0 Å². The topological polar surface area (TPSA) is 93.0 Å². The molecular weight excluding hydrogens is 364 g/mol. The molecule has 1 amide bonds. The van der Waals surface area contributed by atoms with Crippen LogP contribution in [0.4, 0.5) is 10.5 Å². The lowest BCUT2D eigenvalue weighted by Gasteiger charge is -2.11. The fourth-order valence-corrected chi connectivity index (χ4v) is 3.14. The molecule has 0 aliphatic carbocycles. The predicted octanol–water partition coefficient (Wildman–Crippen LogP) is 4.80. The highest BCUT2D eigenvalue weighted by atomic mass is 16.5. The lowest BCUT2D eigenvalue weighted by atomic mass is 10.0. The first kappa shape index (κ1) is 18.6. The fourth-order valence-electron chi connectivity index (χ4n) is 3.14. The Morgan fingerprint density at radius 2 is 1.86 bits per heavy atom. The largest absolute Gasteiger partial charge is 0.445 e. The van der Waals surface area contributed by atoms with Gasteiger partial charge in [-0.2, -0.15) is 0 Å². The summed E-state index contributed by atoms with van der Waals surface area (Å²) >= 11 is 0. The minimum absolute atomic E-state index is 0.225. The Balaban J connectivity index is 1.45. The van der Waals surface area contributed by atoms with Crippen LogP contribution in [0.1, 0.15) is 24.4 Å². The van der Waals surface area contributed by atoms with Gasteiger partial charge in [0.15, 0.2) is 0 Å². The van der Waals surface area contributed by atoms with Crippen molar-refractivity contribution in [3.05, 3.63) is 84.2 Å². The highest BCUT2D eigenvalue weighted by Crippen LogP contribution is 2.25. The first-order valence-electron chi connectivity index (χ1n) is 9.41. The summed E-state index contributed by atoms with van der Waals surface area (Å²) in [6.45, 7) is 2.09. The van der Waals surface area contributed by atoms with Gasteiger partial charge in [-0.3, -0.25) is 0 Å². The Labute approximate surface area is 168 Å². The molecule has 3 aromatic carbocycles. The number of rotatable bonds is 5. The Morgan fingerprint density at radius 1 is 1.07 bits per heavy atom. The molecule has 1 heterocycles. The summed E-state index contributed by atoms with van der Waals surface area (Å²) in [5, 5.41) is 2.81. The maximum absolute atomic E-state index is 12.1. The zero-order valence-corrected chi connectivity index (χ0v) is 16.1. The van der Waals surface area contributed by atoms with E-state index >= 15 is 0 Å². The van der Waals surface area contributed by atoms with Gasteiger partial charge in [-0.15, -0.1) is 0 Å². The summed E-state index contributed by atoms with van der Waals surface area (Å²) in [5.41, 5.74) is 11.4. The van der Waals surface area contributed by atoms with Crippen LogP contribution in [0.3, 0.4) is 0 Å². The number of nitrogens with one attached hydrogen (secondary N) is 2. The highest BCUT2D eigenvalue weighted by Gasteiger charge is 2.15. The second kappa shape index (κ2) is 8.06. The number of anilines is 1. The number of ether oxygens (including phenoxy) is 1. The van der Waals surface area contributed by atoms with E-state index in [0.717, 1.165) is 33.4 Å². The van der Waals surface area contributed by atoms with Gasteiger partial charge in [0.25, 0.3) is 0 Å². The van der Waals surface area contributed by atoms with Gasteiger partial charge in [-0.25, -0.2) is 9.78 Å². The Hall–Kier alpha value is -3.80. The van der Waals surface area contributed by atoms with Gasteiger partial charge in [0.2, 0.25) is 0 Å². The van der Waals surface area contributed by atoms with Gasteiger partial charge < -0.3 is 20.8 Å². The van der Waals surface area contributed by atoms with E-state index in [1.807, 2.05) is 79.7 Å².